The molecule has 3 nitrogen and oxygen atoms in total. The van der Waals surface area contributed by atoms with E-state index in [1.54, 1.807) is 14.2 Å². The number of halogens is 1. The van der Waals surface area contributed by atoms with Crippen molar-refractivity contribution in [2.24, 2.45) is 11.7 Å². The van der Waals surface area contributed by atoms with Gasteiger partial charge in [0.05, 0.1) is 19.2 Å². The number of methoxy groups -OCH3 is 2. The Hall–Kier alpha value is -0.930. The Labute approximate surface area is 133 Å². The second-order valence-electron chi connectivity index (χ2n) is 5.50. The number of ether oxygens (including phenoxy) is 2. The monoisotopic (exact) mass is 313 g/mol. The molecule has 0 bridgehead atoms. The lowest BCUT2D eigenvalue weighted by molar-refractivity contribution is 0.352. The first-order valence-corrected chi connectivity index (χ1v) is 8.12. The summed E-state index contributed by atoms with van der Waals surface area (Å²) in [6.45, 7) is 4.45. The van der Waals surface area contributed by atoms with Gasteiger partial charge >= 0.3 is 0 Å². The summed E-state index contributed by atoms with van der Waals surface area (Å²) in [6.07, 6.45) is 5.87. The first kappa shape index (κ1) is 18.1. The molecule has 0 amide bonds. The predicted molar refractivity (Wildman–Crippen MR) is 89.4 cm³/mol. The number of benzene rings is 1. The van der Waals surface area contributed by atoms with E-state index >= 15 is 0 Å². The Morgan fingerprint density at radius 2 is 1.90 bits per heavy atom. The van der Waals surface area contributed by atoms with Crippen molar-refractivity contribution in [3.63, 3.8) is 0 Å². The van der Waals surface area contributed by atoms with Crippen LogP contribution in [0, 0.1) is 5.92 Å². The van der Waals surface area contributed by atoms with Crippen LogP contribution >= 0.6 is 11.6 Å². The quantitative estimate of drug-likeness (QED) is 0.700. The van der Waals surface area contributed by atoms with Crippen LogP contribution in [0.5, 0.6) is 11.5 Å². The van der Waals surface area contributed by atoms with Gasteiger partial charge in [0.2, 0.25) is 0 Å². The minimum atomic E-state index is -0.0240. The van der Waals surface area contributed by atoms with E-state index in [1.807, 2.05) is 12.1 Å². The topological polar surface area (TPSA) is 44.5 Å². The van der Waals surface area contributed by atoms with Crippen LogP contribution in [0.2, 0.25) is 5.02 Å². The Morgan fingerprint density at radius 1 is 1.19 bits per heavy atom. The van der Waals surface area contributed by atoms with Crippen LogP contribution in [0.15, 0.2) is 12.1 Å². The average molecular weight is 314 g/mol. The van der Waals surface area contributed by atoms with Gasteiger partial charge in [-0.05, 0) is 30.0 Å². The van der Waals surface area contributed by atoms with Crippen molar-refractivity contribution in [3.05, 3.63) is 22.7 Å². The lowest BCUT2D eigenvalue weighted by atomic mass is 9.89. The van der Waals surface area contributed by atoms with Gasteiger partial charge in [-0.2, -0.15) is 0 Å². The lowest BCUT2D eigenvalue weighted by Crippen LogP contribution is -2.15. The molecule has 0 aliphatic heterocycles. The minimum absolute atomic E-state index is 0.0240. The maximum absolute atomic E-state index is 6.37. The SMILES string of the molecule is CCCCC(CC)CC(N)c1cc(Cl)c(OC)c(OC)c1. The van der Waals surface area contributed by atoms with Gasteiger partial charge in [-0.15, -0.1) is 0 Å². The fraction of sp³-hybridized carbons (Fsp3) is 0.647. The molecule has 0 fully saturated rings. The molecule has 0 aromatic heterocycles. The highest BCUT2D eigenvalue weighted by molar-refractivity contribution is 6.32. The highest BCUT2D eigenvalue weighted by Crippen LogP contribution is 2.38. The van der Waals surface area contributed by atoms with Crippen LogP contribution < -0.4 is 15.2 Å². The zero-order valence-corrected chi connectivity index (χ0v) is 14.4. The molecule has 0 saturated carbocycles. The molecule has 2 unspecified atom stereocenters. The summed E-state index contributed by atoms with van der Waals surface area (Å²) in [5.41, 5.74) is 7.38. The van der Waals surface area contributed by atoms with Crippen LogP contribution in [0.1, 0.15) is 57.6 Å². The number of nitrogens with two attached hydrogens (primary N) is 1. The molecular formula is C17H28ClNO2. The minimum Gasteiger partial charge on any atom is -0.493 e. The number of rotatable bonds is 9. The Morgan fingerprint density at radius 3 is 2.43 bits per heavy atom. The molecule has 0 saturated heterocycles. The van der Waals surface area contributed by atoms with Gasteiger partial charge in [-0.1, -0.05) is 51.1 Å². The van der Waals surface area contributed by atoms with Crippen molar-refractivity contribution >= 4 is 11.6 Å². The zero-order valence-electron chi connectivity index (χ0n) is 13.6. The molecule has 1 rings (SSSR count). The molecule has 1 aromatic carbocycles. The molecule has 0 aliphatic carbocycles. The van der Waals surface area contributed by atoms with Crippen molar-refractivity contribution in [2.75, 3.05) is 14.2 Å². The van der Waals surface area contributed by atoms with Gasteiger partial charge in [-0.3, -0.25) is 0 Å². The van der Waals surface area contributed by atoms with E-state index < -0.39 is 0 Å². The van der Waals surface area contributed by atoms with Crippen LogP contribution in [-0.2, 0) is 0 Å². The van der Waals surface area contributed by atoms with Gasteiger partial charge in [0, 0.05) is 6.04 Å². The molecular weight excluding hydrogens is 286 g/mol. The summed E-state index contributed by atoms with van der Waals surface area (Å²) < 4.78 is 10.6. The van der Waals surface area contributed by atoms with Gasteiger partial charge in [0.25, 0.3) is 0 Å². The van der Waals surface area contributed by atoms with Crippen molar-refractivity contribution in [1.82, 2.24) is 0 Å². The molecule has 1 aromatic rings. The summed E-state index contributed by atoms with van der Waals surface area (Å²) in [6, 6.07) is 3.80. The van der Waals surface area contributed by atoms with E-state index in [1.165, 1.54) is 19.3 Å². The van der Waals surface area contributed by atoms with E-state index in [4.69, 9.17) is 26.8 Å². The van der Waals surface area contributed by atoms with E-state index in [-0.39, 0.29) is 6.04 Å². The van der Waals surface area contributed by atoms with E-state index in [2.05, 4.69) is 13.8 Å². The number of unbranched alkanes of at least 4 members (excludes halogenated alkanes) is 1. The summed E-state index contributed by atoms with van der Waals surface area (Å²) >= 11 is 6.25. The smallest absolute Gasteiger partial charge is 0.179 e. The number of hydrogen-bond donors (Lipinski definition) is 1. The first-order valence-electron chi connectivity index (χ1n) is 7.74. The summed E-state index contributed by atoms with van der Waals surface area (Å²) in [4.78, 5) is 0. The van der Waals surface area contributed by atoms with E-state index in [9.17, 15) is 0 Å². The third-order valence-electron chi connectivity index (χ3n) is 4.01. The Bertz CT molecular complexity index is 437. The van der Waals surface area contributed by atoms with Crippen molar-refractivity contribution in [2.45, 2.75) is 52.0 Å². The second-order valence-corrected chi connectivity index (χ2v) is 5.90. The average Bonchev–Trinajstić information content (AvgIpc) is 2.50. The van der Waals surface area contributed by atoms with Crippen molar-refractivity contribution in [1.29, 1.82) is 0 Å². The van der Waals surface area contributed by atoms with Gasteiger partial charge < -0.3 is 15.2 Å². The molecule has 120 valence electrons. The highest BCUT2D eigenvalue weighted by Gasteiger charge is 2.17. The summed E-state index contributed by atoms with van der Waals surface area (Å²) in [7, 11) is 3.20. The normalized spacial score (nSPS) is 13.8. The third-order valence-corrected chi connectivity index (χ3v) is 4.30. The lowest BCUT2D eigenvalue weighted by Gasteiger charge is -2.21. The molecule has 21 heavy (non-hydrogen) atoms. The highest BCUT2D eigenvalue weighted by atomic mass is 35.5. The van der Waals surface area contributed by atoms with E-state index in [0.717, 1.165) is 18.4 Å². The summed E-state index contributed by atoms with van der Waals surface area (Å²) in [5.74, 6) is 1.86. The van der Waals surface area contributed by atoms with Gasteiger partial charge in [0.1, 0.15) is 0 Å². The maximum Gasteiger partial charge on any atom is 0.179 e. The number of hydrogen-bond acceptors (Lipinski definition) is 3. The molecule has 0 aliphatic rings. The van der Waals surface area contributed by atoms with Crippen LogP contribution in [0.4, 0.5) is 0 Å². The molecule has 2 atom stereocenters. The van der Waals surface area contributed by atoms with Crippen molar-refractivity contribution < 1.29 is 9.47 Å². The van der Waals surface area contributed by atoms with Crippen LogP contribution in [-0.4, -0.2) is 14.2 Å². The predicted octanol–water partition coefficient (Wildman–Crippen LogP) is 4.96. The standard InChI is InChI=1S/C17H28ClNO2/c1-5-7-8-12(6-2)9-15(19)13-10-14(18)17(21-4)16(11-13)20-3/h10-12,15H,5-9,19H2,1-4H3. The molecule has 4 heteroatoms. The van der Waals surface area contributed by atoms with Crippen molar-refractivity contribution in [3.8, 4) is 11.5 Å². The van der Waals surface area contributed by atoms with Gasteiger partial charge in [-0.25, -0.2) is 0 Å². The maximum atomic E-state index is 6.37. The zero-order chi connectivity index (χ0) is 15.8. The van der Waals surface area contributed by atoms with Crippen LogP contribution in [0.25, 0.3) is 0 Å². The molecule has 0 spiro atoms. The molecule has 0 heterocycles. The van der Waals surface area contributed by atoms with E-state index in [0.29, 0.717) is 22.4 Å². The summed E-state index contributed by atoms with van der Waals surface area (Å²) in [5, 5.41) is 0.545. The largest absolute Gasteiger partial charge is 0.493 e. The van der Waals surface area contributed by atoms with Gasteiger partial charge in [0.15, 0.2) is 11.5 Å². The second kappa shape index (κ2) is 9.16. The first-order chi connectivity index (χ1) is 10.1. The molecule has 2 N–H and O–H groups in total. The molecule has 0 radical (unpaired) electrons. The fourth-order valence-corrected chi connectivity index (χ4v) is 2.92. The fourth-order valence-electron chi connectivity index (χ4n) is 2.63. The third kappa shape index (κ3) is 5.08. The van der Waals surface area contributed by atoms with Crippen LogP contribution in [0.3, 0.4) is 0 Å². The Kier molecular flexibility index (Phi) is 7.91. The Balaban J connectivity index is 2.86.